The Morgan fingerprint density at radius 3 is 2.35 bits per heavy atom. The summed E-state index contributed by atoms with van der Waals surface area (Å²) in [5.41, 5.74) is 1.80. The van der Waals surface area contributed by atoms with Gasteiger partial charge in [0.25, 0.3) is 11.7 Å². The molecule has 2 N–H and O–H groups in total. The lowest BCUT2D eigenvalue weighted by Gasteiger charge is -2.28. The molecule has 1 unspecified atom stereocenters. The van der Waals surface area contributed by atoms with Gasteiger partial charge in [-0.05, 0) is 82.2 Å². The lowest BCUT2D eigenvalue weighted by atomic mass is 9.94. The molecule has 1 aliphatic rings. The number of carbonyl (C=O) groups is 2. The normalized spacial score (nSPS) is 17.2. The van der Waals surface area contributed by atoms with Crippen LogP contribution in [0.25, 0.3) is 5.76 Å². The van der Waals surface area contributed by atoms with E-state index in [1.54, 1.807) is 37.3 Å². The number of benzene rings is 2. The molecular formula is C29H38N2O6. The molecule has 0 aliphatic carbocycles. The van der Waals surface area contributed by atoms with Crippen molar-refractivity contribution in [2.75, 3.05) is 32.8 Å². The fourth-order valence-electron chi connectivity index (χ4n) is 4.56. The van der Waals surface area contributed by atoms with Crippen LogP contribution in [-0.2, 0) is 9.59 Å². The molecule has 3 rings (SSSR count). The summed E-state index contributed by atoms with van der Waals surface area (Å²) < 4.78 is 11.4. The van der Waals surface area contributed by atoms with Crippen LogP contribution in [-0.4, -0.2) is 70.6 Å². The minimum Gasteiger partial charge on any atom is -0.507 e. The third kappa shape index (κ3) is 6.07. The van der Waals surface area contributed by atoms with Crippen molar-refractivity contribution in [1.82, 2.24) is 9.80 Å². The Labute approximate surface area is 219 Å². The number of likely N-dealkylation sites (N-methyl/N-ethyl adjacent to an activating group) is 1. The van der Waals surface area contributed by atoms with E-state index in [9.17, 15) is 19.8 Å². The van der Waals surface area contributed by atoms with Gasteiger partial charge in [-0.1, -0.05) is 19.9 Å². The van der Waals surface area contributed by atoms with E-state index in [-0.39, 0.29) is 28.9 Å². The average molecular weight is 511 g/mol. The highest BCUT2D eigenvalue weighted by atomic mass is 16.5. The number of nitrogens with zero attached hydrogens (tertiary/aromatic N) is 2. The van der Waals surface area contributed by atoms with Crippen molar-refractivity contribution in [3.8, 4) is 17.2 Å². The zero-order chi connectivity index (χ0) is 27.3. The molecule has 1 saturated heterocycles. The summed E-state index contributed by atoms with van der Waals surface area (Å²) in [6, 6.07) is 9.10. The van der Waals surface area contributed by atoms with Gasteiger partial charge in [0.05, 0.1) is 24.3 Å². The Hall–Kier alpha value is -3.52. The van der Waals surface area contributed by atoms with Gasteiger partial charge in [-0.2, -0.15) is 0 Å². The summed E-state index contributed by atoms with van der Waals surface area (Å²) in [5, 5.41) is 21.6. The van der Waals surface area contributed by atoms with Crippen LogP contribution >= 0.6 is 0 Å². The molecule has 2 aromatic carbocycles. The minimum atomic E-state index is -0.831. The van der Waals surface area contributed by atoms with Crippen molar-refractivity contribution in [2.24, 2.45) is 0 Å². The number of ether oxygens (including phenoxy) is 2. The maximum Gasteiger partial charge on any atom is 0.295 e. The Kier molecular flexibility index (Phi) is 9.21. The maximum atomic E-state index is 13.3. The molecule has 1 atom stereocenters. The van der Waals surface area contributed by atoms with Gasteiger partial charge in [0.15, 0.2) is 11.5 Å². The van der Waals surface area contributed by atoms with Crippen LogP contribution in [0.2, 0.25) is 0 Å². The van der Waals surface area contributed by atoms with Crippen LogP contribution in [0.3, 0.4) is 0 Å². The number of aromatic hydroxyl groups is 1. The SMILES string of the molecule is CCOc1cc(C2/C(=C(\O)c3ccc(OC(C)C)c(C)c3)C(=O)C(=O)N2CCN(CC)CC)ccc1O. The van der Waals surface area contributed by atoms with Crippen molar-refractivity contribution in [3.05, 3.63) is 58.7 Å². The third-order valence-electron chi connectivity index (χ3n) is 6.50. The molecule has 0 aromatic heterocycles. The van der Waals surface area contributed by atoms with E-state index in [2.05, 4.69) is 4.90 Å². The van der Waals surface area contributed by atoms with E-state index in [1.807, 2.05) is 34.6 Å². The molecule has 0 saturated carbocycles. The van der Waals surface area contributed by atoms with Gasteiger partial charge in [-0.3, -0.25) is 9.59 Å². The van der Waals surface area contributed by atoms with Crippen LogP contribution in [0.15, 0.2) is 42.0 Å². The Morgan fingerprint density at radius 1 is 1.05 bits per heavy atom. The number of ketones is 1. The predicted molar refractivity (Wildman–Crippen MR) is 143 cm³/mol. The van der Waals surface area contributed by atoms with Crippen LogP contribution in [0.5, 0.6) is 17.2 Å². The van der Waals surface area contributed by atoms with E-state index in [0.29, 0.717) is 36.6 Å². The van der Waals surface area contributed by atoms with Gasteiger partial charge in [-0.15, -0.1) is 0 Å². The number of Topliss-reactive ketones (excluding diaryl/α,β-unsaturated/α-hetero) is 1. The molecule has 0 radical (unpaired) electrons. The third-order valence-corrected chi connectivity index (χ3v) is 6.50. The zero-order valence-corrected chi connectivity index (χ0v) is 22.6. The number of amides is 1. The van der Waals surface area contributed by atoms with Gasteiger partial charge < -0.3 is 29.5 Å². The number of carbonyl (C=O) groups excluding carboxylic acids is 2. The van der Waals surface area contributed by atoms with Crippen molar-refractivity contribution < 1.29 is 29.3 Å². The average Bonchev–Trinajstić information content (AvgIpc) is 3.11. The quantitative estimate of drug-likeness (QED) is 0.258. The van der Waals surface area contributed by atoms with Gasteiger partial charge in [0.1, 0.15) is 11.5 Å². The van der Waals surface area contributed by atoms with Gasteiger partial charge in [-0.25, -0.2) is 0 Å². The second kappa shape index (κ2) is 12.1. The lowest BCUT2D eigenvalue weighted by molar-refractivity contribution is -0.140. The van der Waals surface area contributed by atoms with Crippen molar-refractivity contribution in [1.29, 1.82) is 0 Å². The molecule has 8 nitrogen and oxygen atoms in total. The highest BCUT2D eigenvalue weighted by Gasteiger charge is 2.46. The number of hydrogen-bond donors (Lipinski definition) is 2. The van der Waals surface area contributed by atoms with Crippen molar-refractivity contribution >= 4 is 17.4 Å². The number of hydrogen-bond acceptors (Lipinski definition) is 7. The summed E-state index contributed by atoms with van der Waals surface area (Å²) in [4.78, 5) is 30.3. The summed E-state index contributed by atoms with van der Waals surface area (Å²) in [5.74, 6) is -0.765. The fourth-order valence-corrected chi connectivity index (χ4v) is 4.56. The first-order valence-corrected chi connectivity index (χ1v) is 12.9. The topological polar surface area (TPSA) is 99.5 Å². The molecule has 0 spiro atoms. The number of aliphatic hydroxyl groups excluding tert-OH is 1. The Bertz CT molecular complexity index is 1170. The van der Waals surface area contributed by atoms with E-state index in [0.717, 1.165) is 18.7 Å². The standard InChI is InChI=1S/C29H38N2O6/c1-7-30(8-2)14-15-31-26(20-10-12-22(32)24(17-20)36-9-3)25(28(34)29(31)35)27(33)21-11-13-23(19(6)16-21)37-18(4)5/h10-13,16-18,26,32-33H,7-9,14-15H2,1-6H3/b27-25+. The first kappa shape index (κ1) is 28.1. The molecule has 1 aliphatic heterocycles. The molecule has 0 bridgehead atoms. The summed E-state index contributed by atoms with van der Waals surface area (Å²) in [7, 11) is 0. The van der Waals surface area contributed by atoms with Crippen LogP contribution in [0, 0.1) is 6.92 Å². The van der Waals surface area contributed by atoms with E-state index >= 15 is 0 Å². The van der Waals surface area contributed by atoms with E-state index < -0.39 is 17.7 Å². The number of rotatable bonds is 11. The molecule has 37 heavy (non-hydrogen) atoms. The molecule has 200 valence electrons. The molecule has 8 heteroatoms. The van der Waals surface area contributed by atoms with E-state index in [1.165, 1.54) is 11.0 Å². The lowest BCUT2D eigenvalue weighted by Crippen LogP contribution is -2.38. The van der Waals surface area contributed by atoms with Crippen LogP contribution in [0.4, 0.5) is 0 Å². The zero-order valence-electron chi connectivity index (χ0n) is 22.6. The van der Waals surface area contributed by atoms with Crippen LogP contribution in [0.1, 0.15) is 57.4 Å². The molecule has 2 aromatic rings. The fraction of sp³-hybridized carbons (Fsp3) is 0.448. The monoisotopic (exact) mass is 510 g/mol. The molecular weight excluding hydrogens is 472 g/mol. The Balaban J connectivity index is 2.14. The van der Waals surface area contributed by atoms with E-state index in [4.69, 9.17) is 9.47 Å². The summed E-state index contributed by atoms with van der Waals surface area (Å²) >= 11 is 0. The Morgan fingerprint density at radius 2 is 1.76 bits per heavy atom. The molecule has 1 amide bonds. The first-order valence-electron chi connectivity index (χ1n) is 12.9. The van der Waals surface area contributed by atoms with Gasteiger partial charge >= 0.3 is 0 Å². The molecule has 1 fully saturated rings. The summed E-state index contributed by atoms with van der Waals surface area (Å²) in [6.07, 6.45) is -0.0108. The number of aliphatic hydroxyl groups is 1. The predicted octanol–water partition coefficient (Wildman–Crippen LogP) is 4.65. The second-order valence-electron chi connectivity index (χ2n) is 9.33. The highest BCUT2D eigenvalue weighted by Crippen LogP contribution is 2.42. The smallest absolute Gasteiger partial charge is 0.295 e. The largest absolute Gasteiger partial charge is 0.507 e. The van der Waals surface area contributed by atoms with Crippen LogP contribution < -0.4 is 9.47 Å². The number of aryl methyl sites for hydroxylation is 1. The van der Waals surface area contributed by atoms with Crippen molar-refractivity contribution in [3.63, 3.8) is 0 Å². The number of phenolic OH excluding ortho intramolecular Hbond substituents is 1. The summed E-state index contributed by atoms with van der Waals surface area (Å²) in [6.45, 7) is 14.4. The van der Waals surface area contributed by atoms with Crippen molar-refractivity contribution in [2.45, 2.75) is 53.7 Å². The maximum absolute atomic E-state index is 13.3. The van der Waals surface area contributed by atoms with Gasteiger partial charge in [0, 0.05) is 18.7 Å². The number of phenols is 1. The number of likely N-dealkylation sites (tertiary alicyclic amines) is 1. The minimum absolute atomic E-state index is 0.00890. The first-order chi connectivity index (χ1) is 17.6. The highest BCUT2D eigenvalue weighted by molar-refractivity contribution is 6.46. The second-order valence-corrected chi connectivity index (χ2v) is 9.33. The van der Waals surface area contributed by atoms with Gasteiger partial charge in [0.2, 0.25) is 0 Å². The molecule has 1 heterocycles.